The molecule has 1 aliphatic rings. The van der Waals surface area contributed by atoms with Gasteiger partial charge in [0.15, 0.2) is 0 Å². The molecule has 1 heterocycles. The Hall–Kier alpha value is -1.40. The van der Waals surface area contributed by atoms with Gasteiger partial charge in [-0.15, -0.1) is 0 Å². The summed E-state index contributed by atoms with van der Waals surface area (Å²) in [4.78, 5) is 0. The number of ether oxygens (including phenoxy) is 2. The van der Waals surface area contributed by atoms with Crippen molar-refractivity contribution < 1.29 is 24.8 Å². The lowest BCUT2D eigenvalue weighted by Crippen LogP contribution is -2.31. The van der Waals surface area contributed by atoms with Crippen LogP contribution in [0.2, 0.25) is 0 Å². The number of benzene rings is 1. The fraction of sp³-hybridized carbons (Fsp3) is 0.500. The van der Waals surface area contributed by atoms with Gasteiger partial charge in [0.05, 0.1) is 19.8 Å². The molecule has 0 saturated carbocycles. The van der Waals surface area contributed by atoms with Crippen LogP contribution in [0.4, 0.5) is 0 Å². The van der Waals surface area contributed by atoms with E-state index in [1.807, 2.05) is 19.1 Å². The first-order chi connectivity index (χ1) is 10.1. The Morgan fingerprint density at radius 3 is 2.62 bits per heavy atom. The minimum Gasteiger partial charge on any atom is -0.496 e. The molecule has 116 valence electrons. The normalized spacial score (nSPS) is 29.2. The largest absolute Gasteiger partial charge is 0.496 e. The summed E-state index contributed by atoms with van der Waals surface area (Å²) in [5.74, 6) is 0.610. The molecule has 21 heavy (non-hydrogen) atoms. The third-order valence-corrected chi connectivity index (χ3v) is 3.81. The fourth-order valence-corrected chi connectivity index (χ4v) is 2.57. The van der Waals surface area contributed by atoms with Crippen molar-refractivity contribution in [2.24, 2.45) is 0 Å². The molecule has 0 bridgehead atoms. The van der Waals surface area contributed by atoms with E-state index in [2.05, 4.69) is 0 Å². The number of rotatable bonds is 5. The molecular weight excluding hydrogens is 272 g/mol. The second kappa shape index (κ2) is 7.04. The van der Waals surface area contributed by atoms with E-state index in [4.69, 9.17) is 9.47 Å². The van der Waals surface area contributed by atoms with E-state index in [0.717, 1.165) is 5.56 Å². The molecule has 5 nitrogen and oxygen atoms in total. The highest BCUT2D eigenvalue weighted by molar-refractivity contribution is 5.58. The van der Waals surface area contributed by atoms with Crippen LogP contribution < -0.4 is 4.74 Å². The predicted molar refractivity (Wildman–Crippen MR) is 78.9 cm³/mol. The first kappa shape index (κ1) is 16.0. The standard InChI is InChI=1S/C16H22O5/c1-3-12-15(18)16(19)14(21-12)8-7-10-5-4-6-13(20-2)11(10)9-17/h4-8,12,14-19H,3,9H2,1-2H3/b8-7+/t12-,14+,15-,16+/m0/s1. The summed E-state index contributed by atoms with van der Waals surface area (Å²) in [7, 11) is 1.55. The van der Waals surface area contributed by atoms with E-state index in [-0.39, 0.29) is 12.7 Å². The van der Waals surface area contributed by atoms with Crippen molar-refractivity contribution in [3.05, 3.63) is 35.4 Å². The maximum atomic E-state index is 9.96. The zero-order chi connectivity index (χ0) is 15.4. The van der Waals surface area contributed by atoms with E-state index < -0.39 is 18.3 Å². The minimum absolute atomic E-state index is 0.141. The highest BCUT2D eigenvalue weighted by Gasteiger charge is 2.40. The third kappa shape index (κ3) is 3.27. The zero-order valence-electron chi connectivity index (χ0n) is 12.3. The Morgan fingerprint density at radius 2 is 2.05 bits per heavy atom. The third-order valence-electron chi connectivity index (χ3n) is 3.81. The SMILES string of the molecule is CC[C@@H]1O[C@H](/C=C/c2cccc(OC)c2CO)[C@@H](O)[C@H]1O. The number of hydrogen-bond donors (Lipinski definition) is 3. The average molecular weight is 294 g/mol. The molecule has 1 aromatic rings. The summed E-state index contributed by atoms with van der Waals surface area (Å²) in [6, 6.07) is 5.45. The second-order valence-electron chi connectivity index (χ2n) is 5.07. The van der Waals surface area contributed by atoms with Crippen molar-refractivity contribution in [2.75, 3.05) is 7.11 Å². The molecule has 5 heteroatoms. The van der Waals surface area contributed by atoms with E-state index in [1.165, 1.54) is 0 Å². The first-order valence-electron chi connectivity index (χ1n) is 7.08. The summed E-state index contributed by atoms with van der Waals surface area (Å²) in [6.45, 7) is 1.76. The molecule has 0 spiro atoms. The van der Waals surface area contributed by atoms with E-state index >= 15 is 0 Å². The molecule has 0 aromatic heterocycles. The second-order valence-corrected chi connectivity index (χ2v) is 5.07. The van der Waals surface area contributed by atoms with Gasteiger partial charge in [-0.25, -0.2) is 0 Å². The molecule has 0 unspecified atom stereocenters. The van der Waals surface area contributed by atoms with Crippen molar-refractivity contribution in [1.29, 1.82) is 0 Å². The Labute approximate surface area is 124 Å². The van der Waals surface area contributed by atoms with Crippen molar-refractivity contribution in [3.8, 4) is 5.75 Å². The van der Waals surface area contributed by atoms with Crippen LogP contribution in [0.15, 0.2) is 24.3 Å². The topological polar surface area (TPSA) is 79.2 Å². The van der Waals surface area contributed by atoms with Crippen LogP contribution in [0.5, 0.6) is 5.75 Å². The smallest absolute Gasteiger partial charge is 0.124 e. The lowest BCUT2D eigenvalue weighted by molar-refractivity contribution is 0.0195. The zero-order valence-corrected chi connectivity index (χ0v) is 12.3. The maximum Gasteiger partial charge on any atom is 0.124 e. The van der Waals surface area contributed by atoms with Gasteiger partial charge < -0.3 is 24.8 Å². The molecule has 4 atom stereocenters. The molecule has 1 aromatic carbocycles. The molecule has 1 aliphatic heterocycles. The van der Waals surface area contributed by atoms with Crippen LogP contribution in [-0.4, -0.2) is 46.8 Å². The van der Waals surface area contributed by atoms with Gasteiger partial charge >= 0.3 is 0 Å². The Morgan fingerprint density at radius 1 is 1.29 bits per heavy atom. The highest BCUT2D eigenvalue weighted by Crippen LogP contribution is 2.27. The van der Waals surface area contributed by atoms with Gasteiger partial charge in [-0.1, -0.05) is 31.2 Å². The minimum atomic E-state index is -0.936. The van der Waals surface area contributed by atoms with Crippen molar-refractivity contribution in [2.45, 2.75) is 44.4 Å². The highest BCUT2D eigenvalue weighted by atomic mass is 16.5. The lowest BCUT2D eigenvalue weighted by atomic mass is 10.0. The predicted octanol–water partition coefficient (Wildman–Crippen LogP) is 1.10. The van der Waals surface area contributed by atoms with Crippen LogP contribution in [0.3, 0.4) is 0 Å². The Kier molecular flexibility index (Phi) is 5.36. The molecule has 0 aliphatic carbocycles. The quantitative estimate of drug-likeness (QED) is 0.758. The number of methoxy groups -OCH3 is 1. The van der Waals surface area contributed by atoms with Gasteiger partial charge in [0, 0.05) is 5.56 Å². The first-order valence-corrected chi connectivity index (χ1v) is 7.08. The number of hydrogen-bond acceptors (Lipinski definition) is 5. The Bertz CT molecular complexity index is 499. The van der Waals surface area contributed by atoms with Crippen molar-refractivity contribution in [3.63, 3.8) is 0 Å². The van der Waals surface area contributed by atoms with Gasteiger partial charge in [0.25, 0.3) is 0 Å². The summed E-state index contributed by atoms with van der Waals surface area (Å²) in [5.41, 5.74) is 1.47. The monoisotopic (exact) mass is 294 g/mol. The van der Waals surface area contributed by atoms with Crippen LogP contribution in [0.25, 0.3) is 6.08 Å². The number of aliphatic hydroxyl groups excluding tert-OH is 3. The number of aliphatic hydroxyl groups is 3. The molecule has 3 N–H and O–H groups in total. The summed E-state index contributed by atoms with van der Waals surface area (Å²) in [6.07, 6.45) is 1.41. The Balaban J connectivity index is 2.18. The summed E-state index contributed by atoms with van der Waals surface area (Å²) >= 11 is 0. The molecular formula is C16H22O5. The van der Waals surface area contributed by atoms with Gasteiger partial charge in [0.2, 0.25) is 0 Å². The van der Waals surface area contributed by atoms with Crippen molar-refractivity contribution >= 4 is 6.08 Å². The van der Waals surface area contributed by atoms with Crippen LogP contribution in [0, 0.1) is 0 Å². The molecule has 1 fully saturated rings. The average Bonchev–Trinajstić information content (AvgIpc) is 2.79. The van der Waals surface area contributed by atoms with Crippen molar-refractivity contribution in [1.82, 2.24) is 0 Å². The van der Waals surface area contributed by atoms with Gasteiger partial charge in [-0.2, -0.15) is 0 Å². The summed E-state index contributed by atoms with van der Waals surface area (Å²) < 4.78 is 10.8. The van der Waals surface area contributed by atoms with E-state index in [0.29, 0.717) is 17.7 Å². The molecule has 1 saturated heterocycles. The molecule has 2 rings (SSSR count). The van der Waals surface area contributed by atoms with Crippen LogP contribution >= 0.6 is 0 Å². The van der Waals surface area contributed by atoms with E-state index in [1.54, 1.807) is 25.3 Å². The van der Waals surface area contributed by atoms with Gasteiger partial charge in [0.1, 0.15) is 24.1 Å². The molecule has 0 amide bonds. The van der Waals surface area contributed by atoms with Gasteiger partial charge in [-0.3, -0.25) is 0 Å². The lowest BCUT2D eigenvalue weighted by Gasteiger charge is -2.12. The summed E-state index contributed by atoms with van der Waals surface area (Å²) in [5, 5.41) is 29.3. The van der Waals surface area contributed by atoms with Crippen LogP contribution in [-0.2, 0) is 11.3 Å². The van der Waals surface area contributed by atoms with Crippen LogP contribution in [0.1, 0.15) is 24.5 Å². The van der Waals surface area contributed by atoms with E-state index in [9.17, 15) is 15.3 Å². The molecule has 0 radical (unpaired) electrons. The fourth-order valence-electron chi connectivity index (χ4n) is 2.57. The maximum absolute atomic E-state index is 9.96. The van der Waals surface area contributed by atoms with Gasteiger partial charge in [-0.05, 0) is 18.1 Å².